The summed E-state index contributed by atoms with van der Waals surface area (Å²) < 4.78 is 10.4. The summed E-state index contributed by atoms with van der Waals surface area (Å²) in [5.41, 5.74) is 1.01. The van der Waals surface area contributed by atoms with Crippen molar-refractivity contribution in [1.29, 1.82) is 0 Å². The molecule has 1 aliphatic rings. The predicted octanol–water partition coefficient (Wildman–Crippen LogP) is 2.61. The van der Waals surface area contributed by atoms with Crippen LogP contribution in [0.2, 0.25) is 0 Å². The molecule has 0 aromatic heterocycles. The number of hydrogen-bond donors (Lipinski definition) is 1. The lowest BCUT2D eigenvalue weighted by atomic mass is 10.2. The summed E-state index contributed by atoms with van der Waals surface area (Å²) in [6.07, 6.45) is 1.88. The first-order valence-electron chi connectivity index (χ1n) is 6.90. The fourth-order valence-electron chi connectivity index (χ4n) is 1.82. The summed E-state index contributed by atoms with van der Waals surface area (Å²) in [5, 5.41) is 2.84. The van der Waals surface area contributed by atoms with E-state index in [1.807, 2.05) is 6.92 Å². The van der Waals surface area contributed by atoms with E-state index in [0.717, 1.165) is 12.8 Å². The average Bonchev–Trinajstić information content (AvgIpc) is 3.25. The van der Waals surface area contributed by atoms with Crippen LogP contribution in [0.1, 0.15) is 37.0 Å². The lowest BCUT2D eigenvalue weighted by Crippen LogP contribution is -2.15. The molecular formula is C15H19NO4. The average molecular weight is 277 g/mol. The van der Waals surface area contributed by atoms with Crippen LogP contribution in [0.3, 0.4) is 0 Å². The van der Waals surface area contributed by atoms with Gasteiger partial charge in [-0.1, -0.05) is 0 Å². The molecule has 1 saturated carbocycles. The standard InChI is InChI=1S/C15H19NO4/c1-3-19-13-9-11(15(18)20-4-2)7-8-12(13)16-14(17)10-5-6-10/h7-10H,3-6H2,1-2H3,(H,16,17). The van der Waals surface area contributed by atoms with Crippen molar-refractivity contribution in [3.63, 3.8) is 0 Å². The molecule has 0 bridgehead atoms. The molecule has 1 aliphatic carbocycles. The summed E-state index contributed by atoms with van der Waals surface area (Å²) in [6.45, 7) is 4.39. The Morgan fingerprint density at radius 1 is 1.25 bits per heavy atom. The van der Waals surface area contributed by atoms with E-state index in [1.165, 1.54) is 0 Å². The lowest BCUT2D eigenvalue weighted by molar-refractivity contribution is -0.117. The van der Waals surface area contributed by atoms with Crippen LogP contribution < -0.4 is 10.1 Å². The lowest BCUT2D eigenvalue weighted by Gasteiger charge is -2.12. The zero-order chi connectivity index (χ0) is 14.5. The Morgan fingerprint density at radius 2 is 2.00 bits per heavy atom. The molecule has 108 valence electrons. The van der Waals surface area contributed by atoms with E-state index in [9.17, 15) is 9.59 Å². The quantitative estimate of drug-likeness (QED) is 0.812. The molecule has 0 aliphatic heterocycles. The van der Waals surface area contributed by atoms with Gasteiger partial charge >= 0.3 is 5.97 Å². The van der Waals surface area contributed by atoms with Crippen LogP contribution >= 0.6 is 0 Å². The minimum absolute atomic E-state index is 0.00911. The zero-order valence-electron chi connectivity index (χ0n) is 11.8. The second-order valence-electron chi connectivity index (χ2n) is 4.63. The van der Waals surface area contributed by atoms with Gasteiger partial charge < -0.3 is 14.8 Å². The van der Waals surface area contributed by atoms with Gasteiger partial charge in [0.25, 0.3) is 0 Å². The fraction of sp³-hybridized carbons (Fsp3) is 0.467. The molecule has 1 amide bonds. The van der Waals surface area contributed by atoms with Gasteiger partial charge in [-0.25, -0.2) is 4.79 Å². The molecule has 0 saturated heterocycles. The molecule has 5 heteroatoms. The van der Waals surface area contributed by atoms with Gasteiger partial charge in [-0.15, -0.1) is 0 Å². The highest BCUT2D eigenvalue weighted by Gasteiger charge is 2.30. The number of ether oxygens (including phenoxy) is 2. The van der Waals surface area contributed by atoms with Gasteiger partial charge in [-0.2, -0.15) is 0 Å². The number of carbonyl (C=O) groups excluding carboxylic acids is 2. The SMILES string of the molecule is CCOC(=O)c1ccc(NC(=O)C2CC2)c(OCC)c1. The summed E-state index contributed by atoms with van der Waals surface area (Å²) in [4.78, 5) is 23.5. The summed E-state index contributed by atoms with van der Waals surface area (Å²) in [6, 6.07) is 4.91. The number of esters is 1. The van der Waals surface area contributed by atoms with Gasteiger partial charge in [0.05, 0.1) is 24.5 Å². The molecule has 1 N–H and O–H groups in total. The van der Waals surface area contributed by atoms with E-state index in [2.05, 4.69) is 5.32 Å². The molecule has 0 heterocycles. The van der Waals surface area contributed by atoms with Crippen LogP contribution in [0.15, 0.2) is 18.2 Å². The van der Waals surface area contributed by atoms with Crippen LogP contribution in [-0.4, -0.2) is 25.1 Å². The first-order chi connectivity index (χ1) is 9.65. The minimum Gasteiger partial charge on any atom is -0.492 e. The van der Waals surface area contributed by atoms with Crippen molar-refractivity contribution < 1.29 is 19.1 Å². The predicted molar refractivity (Wildman–Crippen MR) is 74.9 cm³/mol. The third-order valence-corrected chi connectivity index (χ3v) is 3.00. The molecule has 1 aromatic carbocycles. The number of rotatable bonds is 6. The van der Waals surface area contributed by atoms with Crippen LogP contribution in [0, 0.1) is 5.92 Å². The Kier molecular flexibility index (Phi) is 4.61. The van der Waals surface area contributed by atoms with E-state index >= 15 is 0 Å². The Hall–Kier alpha value is -2.04. The number of amides is 1. The molecule has 1 fully saturated rings. The molecule has 0 unspecified atom stereocenters. The highest BCUT2D eigenvalue weighted by Crippen LogP contribution is 2.32. The van der Waals surface area contributed by atoms with Gasteiger partial charge in [0, 0.05) is 5.92 Å². The third-order valence-electron chi connectivity index (χ3n) is 3.00. The van der Waals surface area contributed by atoms with Crippen LogP contribution in [0.5, 0.6) is 5.75 Å². The Labute approximate surface area is 118 Å². The van der Waals surface area contributed by atoms with Gasteiger partial charge in [0.15, 0.2) is 0 Å². The Balaban J connectivity index is 2.17. The second-order valence-corrected chi connectivity index (χ2v) is 4.63. The van der Waals surface area contributed by atoms with Crippen molar-refractivity contribution >= 4 is 17.6 Å². The van der Waals surface area contributed by atoms with Crippen molar-refractivity contribution in [2.45, 2.75) is 26.7 Å². The topological polar surface area (TPSA) is 64.6 Å². The highest BCUT2D eigenvalue weighted by atomic mass is 16.5. The third kappa shape index (κ3) is 3.50. The van der Waals surface area contributed by atoms with E-state index < -0.39 is 5.97 Å². The van der Waals surface area contributed by atoms with E-state index in [0.29, 0.717) is 30.2 Å². The molecule has 20 heavy (non-hydrogen) atoms. The van der Waals surface area contributed by atoms with Gasteiger partial charge in [0.2, 0.25) is 5.91 Å². The molecule has 1 aromatic rings. The van der Waals surface area contributed by atoms with Gasteiger partial charge in [-0.05, 0) is 44.9 Å². The number of anilines is 1. The second kappa shape index (κ2) is 6.41. The first-order valence-corrected chi connectivity index (χ1v) is 6.90. The molecule has 0 spiro atoms. The molecular weight excluding hydrogens is 258 g/mol. The number of hydrogen-bond acceptors (Lipinski definition) is 4. The Bertz CT molecular complexity index is 509. The van der Waals surface area contributed by atoms with Gasteiger partial charge in [0.1, 0.15) is 5.75 Å². The summed E-state index contributed by atoms with van der Waals surface area (Å²) in [5.74, 6) is 0.227. The van der Waals surface area contributed by atoms with E-state index in [-0.39, 0.29) is 11.8 Å². The largest absolute Gasteiger partial charge is 0.492 e. The number of benzene rings is 1. The summed E-state index contributed by atoms with van der Waals surface area (Å²) >= 11 is 0. The maximum Gasteiger partial charge on any atom is 0.338 e. The van der Waals surface area contributed by atoms with Gasteiger partial charge in [-0.3, -0.25) is 4.79 Å². The van der Waals surface area contributed by atoms with E-state index in [1.54, 1.807) is 25.1 Å². The van der Waals surface area contributed by atoms with Crippen molar-refractivity contribution in [2.24, 2.45) is 5.92 Å². The first kappa shape index (κ1) is 14.4. The molecule has 2 rings (SSSR count). The van der Waals surface area contributed by atoms with E-state index in [4.69, 9.17) is 9.47 Å². The smallest absolute Gasteiger partial charge is 0.338 e. The highest BCUT2D eigenvalue weighted by molar-refractivity contribution is 5.97. The normalized spacial score (nSPS) is 13.7. The van der Waals surface area contributed by atoms with Crippen molar-refractivity contribution in [3.8, 4) is 5.75 Å². The minimum atomic E-state index is -0.395. The van der Waals surface area contributed by atoms with Crippen molar-refractivity contribution in [3.05, 3.63) is 23.8 Å². The Morgan fingerprint density at radius 3 is 2.60 bits per heavy atom. The summed E-state index contributed by atoms with van der Waals surface area (Å²) in [7, 11) is 0. The van der Waals surface area contributed by atoms with Crippen molar-refractivity contribution in [1.82, 2.24) is 0 Å². The van der Waals surface area contributed by atoms with Crippen LogP contribution in [0.25, 0.3) is 0 Å². The molecule has 5 nitrogen and oxygen atoms in total. The maximum absolute atomic E-state index is 11.8. The maximum atomic E-state index is 11.8. The van der Waals surface area contributed by atoms with Crippen molar-refractivity contribution in [2.75, 3.05) is 18.5 Å². The fourth-order valence-corrected chi connectivity index (χ4v) is 1.82. The monoisotopic (exact) mass is 277 g/mol. The number of carbonyl (C=O) groups is 2. The van der Waals surface area contributed by atoms with Crippen LogP contribution in [-0.2, 0) is 9.53 Å². The zero-order valence-corrected chi connectivity index (χ0v) is 11.8. The molecule has 0 radical (unpaired) electrons. The number of nitrogens with one attached hydrogen (secondary N) is 1. The molecule has 0 atom stereocenters. The van der Waals surface area contributed by atoms with Crippen LogP contribution in [0.4, 0.5) is 5.69 Å².